The van der Waals surface area contributed by atoms with Crippen molar-refractivity contribution in [1.29, 1.82) is 0 Å². The lowest BCUT2D eigenvalue weighted by Crippen LogP contribution is -2.09. The second-order valence-corrected chi connectivity index (χ2v) is 6.89. The molecule has 5 fully saturated rings. The second-order valence-electron chi connectivity index (χ2n) is 6.89. The van der Waals surface area contributed by atoms with E-state index in [1.54, 1.807) is 0 Å². The summed E-state index contributed by atoms with van der Waals surface area (Å²) in [6, 6.07) is 0. The topological polar surface area (TPSA) is 51.8 Å². The minimum absolute atomic E-state index is 0. The van der Waals surface area contributed by atoms with Crippen LogP contribution < -0.4 is 10.6 Å². The van der Waals surface area contributed by atoms with Crippen molar-refractivity contribution in [2.24, 2.45) is 0 Å². The molecule has 5 heteroatoms. The number of ether oxygens (including phenoxy) is 3. The Hall–Kier alpha value is -1.20. The molecule has 160 valence electrons. The molecular formula is C22H44N2O3. The van der Waals surface area contributed by atoms with Gasteiger partial charge in [0, 0.05) is 38.7 Å². The van der Waals surface area contributed by atoms with Gasteiger partial charge in [-0.25, -0.2) is 0 Å². The van der Waals surface area contributed by atoms with Crippen molar-refractivity contribution in [1.82, 2.24) is 10.6 Å². The van der Waals surface area contributed by atoms with Crippen LogP contribution in [0.3, 0.4) is 0 Å². The first-order valence-corrected chi connectivity index (χ1v) is 10.4. The molecule has 0 unspecified atom stereocenters. The molecule has 0 atom stereocenters. The van der Waals surface area contributed by atoms with E-state index in [1.165, 1.54) is 69.9 Å². The Bertz CT molecular complexity index is 284. The molecule has 0 amide bonds. The van der Waals surface area contributed by atoms with Gasteiger partial charge in [0.05, 0.1) is 6.54 Å². The van der Waals surface area contributed by atoms with E-state index >= 15 is 0 Å². The fourth-order valence-electron chi connectivity index (χ4n) is 2.61. The van der Waals surface area contributed by atoms with Crippen LogP contribution in [0.2, 0.25) is 0 Å². The molecule has 0 radical (unpaired) electrons. The van der Waals surface area contributed by atoms with Gasteiger partial charge in [-0.05, 0) is 38.7 Å². The highest BCUT2D eigenvalue weighted by Crippen LogP contribution is 2.15. The Morgan fingerprint density at radius 3 is 1.30 bits per heavy atom. The van der Waals surface area contributed by atoms with E-state index in [4.69, 9.17) is 14.2 Å². The Balaban J connectivity index is 0.000000312. The summed E-state index contributed by atoms with van der Waals surface area (Å²) >= 11 is 0. The summed E-state index contributed by atoms with van der Waals surface area (Å²) in [5.41, 5.74) is 1.20. The summed E-state index contributed by atoms with van der Waals surface area (Å²) in [7, 11) is 0. The van der Waals surface area contributed by atoms with Crippen molar-refractivity contribution in [3.8, 4) is 0 Å². The van der Waals surface area contributed by atoms with Gasteiger partial charge in [0.2, 0.25) is 0 Å². The second kappa shape index (κ2) is 19.6. The average Bonchev–Trinajstić information content (AvgIpc) is 3.38. The number of nitrogens with one attached hydrogen (secondary N) is 2. The lowest BCUT2D eigenvalue weighted by molar-refractivity contribution is 0.0367. The summed E-state index contributed by atoms with van der Waals surface area (Å²) in [5, 5.41) is 6.03. The van der Waals surface area contributed by atoms with Crippen LogP contribution >= 0.6 is 0 Å². The van der Waals surface area contributed by atoms with Crippen LogP contribution in [0.4, 0.5) is 0 Å². The van der Waals surface area contributed by atoms with Crippen LogP contribution in [-0.2, 0) is 14.2 Å². The van der Waals surface area contributed by atoms with Crippen LogP contribution in [0.15, 0.2) is 24.7 Å². The summed E-state index contributed by atoms with van der Waals surface area (Å²) in [6.07, 6.45) is 13.8. The van der Waals surface area contributed by atoms with Gasteiger partial charge in [0.1, 0.15) is 6.61 Å². The largest absolute Gasteiger partial charge is 0.478 e. The summed E-state index contributed by atoms with van der Waals surface area (Å²) in [6.45, 7) is 14.1. The molecule has 1 aliphatic carbocycles. The van der Waals surface area contributed by atoms with Gasteiger partial charge >= 0.3 is 0 Å². The van der Waals surface area contributed by atoms with Crippen molar-refractivity contribution in [2.45, 2.75) is 71.6 Å². The molecule has 5 rings (SSSR count). The predicted octanol–water partition coefficient (Wildman–Crippen LogP) is 4.75. The third-order valence-corrected chi connectivity index (χ3v) is 4.39. The molecule has 0 bridgehead atoms. The van der Waals surface area contributed by atoms with Crippen LogP contribution in [-0.4, -0.2) is 46.1 Å². The van der Waals surface area contributed by atoms with E-state index in [9.17, 15) is 0 Å². The van der Waals surface area contributed by atoms with Crippen LogP contribution in [0.25, 0.3) is 0 Å². The number of rotatable bonds is 0. The number of hydrogen-bond donors (Lipinski definition) is 2. The normalized spacial score (nSPS) is 21.5. The number of allylic oxidation sites excluding steroid dienone is 1. The molecule has 27 heavy (non-hydrogen) atoms. The molecule has 0 spiro atoms. The lowest BCUT2D eigenvalue weighted by Gasteiger charge is -2.09. The molecule has 5 nitrogen and oxygen atoms in total. The quantitative estimate of drug-likeness (QED) is 0.631. The molecule has 0 aromatic heterocycles. The van der Waals surface area contributed by atoms with Gasteiger partial charge in [0.15, 0.2) is 5.88 Å². The van der Waals surface area contributed by atoms with Crippen molar-refractivity contribution >= 4 is 0 Å². The molecule has 4 saturated heterocycles. The predicted molar refractivity (Wildman–Crippen MR) is 115 cm³/mol. The van der Waals surface area contributed by atoms with Crippen molar-refractivity contribution < 1.29 is 14.2 Å². The molecule has 1 saturated carbocycles. The van der Waals surface area contributed by atoms with E-state index in [0.29, 0.717) is 5.88 Å². The van der Waals surface area contributed by atoms with Crippen LogP contribution in [0, 0.1) is 0 Å². The monoisotopic (exact) mass is 384 g/mol. The van der Waals surface area contributed by atoms with E-state index < -0.39 is 0 Å². The Morgan fingerprint density at radius 1 is 0.593 bits per heavy atom. The van der Waals surface area contributed by atoms with Crippen LogP contribution in [0.5, 0.6) is 0 Å². The molecule has 0 aromatic rings. The average molecular weight is 385 g/mol. The Kier molecular flexibility index (Phi) is 18.7. The van der Waals surface area contributed by atoms with Gasteiger partial charge < -0.3 is 24.8 Å². The summed E-state index contributed by atoms with van der Waals surface area (Å²) < 4.78 is 14.5. The fraction of sp³-hybridized carbons (Fsp3) is 0.818. The first-order chi connectivity index (χ1) is 12.8. The highest BCUT2D eigenvalue weighted by Gasteiger charge is 1.99. The number of hydrogen-bond acceptors (Lipinski definition) is 5. The van der Waals surface area contributed by atoms with Gasteiger partial charge in [-0.15, -0.1) is 0 Å². The van der Waals surface area contributed by atoms with Crippen molar-refractivity contribution in [2.75, 3.05) is 46.1 Å². The molecule has 4 aliphatic heterocycles. The zero-order valence-electron chi connectivity index (χ0n) is 16.7. The summed E-state index contributed by atoms with van der Waals surface area (Å²) in [4.78, 5) is 0. The maximum atomic E-state index is 4.94. The zero-order chi connectivity index (χ0) is 18.7. The maximum absolute atomic E-state index is 4.94. The van der Waals surface area contributed by atoms with E-state index in [0.717, 1.165) is 46.1 Å². The van der Waals surface area contributed by atoms with Gasteiger partial charge in [-0.3, -0.25) is 0 Å². The third-order valence-electron chi connectivity index (χ3n) is 4.39. The maximum Gasteiger partial charge on any atom is 0.179 e. The molecule has 2 N–H and O–H groups in total. The summed E-state index contributed by atoms with van der Waals surface area (Å²) in [5.74, 6) is 0.704. The van der Waals surface area contributed by atoms with E-state index in [-0.39, 0.29) is 7.43 Å². The molecule has 4 heterocycles. The van der Waals surface area contributed by atoms with Crippen molar-refractivity contribution in [3.05, 3.63) is 24.7 Å². The minimum atomic E-state index is 0. The van der Waals surface area contributed by atoms with Gasteiger partial charge in [-0.2, -0.15) is 0 Å². The Morgan fingerprint density at radius 2 is 1.15 bits per heavy atom. The molecular weight excluding hydrogens is 340 g/mol. The highest BCUT2D eigenvalue weighted by molar-refractivity contribution is 4.95. The van der Waals surface area contributed by atoms with Gasteiger partial charge in [-0.1, -0.05) is 46.1 Å². The smallest absolute Gasteiger partial charge is 0.179 e. The lowest BCUT2D eigenvalue weighted by atomic mass is 10.3. The highest BCUT2D eigenvalue weighted by atomic mass is 16.5. The Labute approximate surface area is 167 Å². The van der Waals surface area contributed by atoms with Crippen molar-refractivity contribution in [3.63, 3.8) is 0 Å². The fourth-order valence-corrected chi connectivity index (χ4v) is 2.61. The first-order valence-electron chi connectivity index (χ1n) is 10.4. The van der Waals surface area contributed by atoms with E-state index in [1.807, 2.05) is 0 Å². The SMILES string of the molecule is C.C1CCCC1.C1CCOC1.C1COC1.C=C1CCCN1.C=C1NCCO1. The zero-order valence-corrected chi connectivity index (χ0v) is 16.7. The third kappa shape index (κ3) is 17.9. The molecule has 0 aromatic carbocycles. The van der Waals surface area contributed by atoms with E-state index in [2.05, 4.69) is 23.8 Å². The van der Waals surface area contributed by atoms with Gasteiger partial charge in [0.25, 0.3) is 0 Å². The first kappa shape index (κ1) is 25.8. The molecule has 5 aliphatic rings. The van der Waals surface area contributed by atoms with Crippen LogP contribution in [0.1, 0.15) is 71.6 Å². The minimum Gasteiger partial charge on any atom is -0.478 e. The standard InChI is InChI=1S/C5H9N.C5H10.C4H7NO.C4H8O.C3H6O.CH4/c1-5-3-2-4-6-5;1-2-4-5-3-1;1-4-5-2-3-6-4;1-2-4-5-3-1;1-2-4-3-1;/h6H,1-4H2;1-5H2;5H,1-3H2;1-4H2;1-3H2;1H4.